The van der Waals surface area contributed by atoms with Gasteiger partial charge in [0.2, 0.25) is 0 Å². The van der Waals surface area contributed by atoms with Crippen LogP contribution in [0, 0.1) is 0 Å². The fourth-order valence-corrected chi connectivity index (χ4v) is 1.65. The van der Waals surface area contributed by atoms with Crippen molar-refractivity contribution in [3.05, 3.63) is 29.8 Å². The number of aliphatic hydroxyl groups excluding tert-OH is 1. The number of rotatable bonds is 1. The Bertz CT molecular complexity index is 293. The molecule has 1 heterocycles. The normalized spacial score (nSPS) is 27.9. The Labute approximate surface area is 78.2 Å². The number of benzene rings is 1. The average Bonchev–Trinajstić information content (AvgIpc) is 2.42. The molecule has 1 aliphatic heterocycles. The van der Waals surface area contributed by atoms with Gasteiger partial charge in [0.25, 0.3) is 0 Å². The summed E-state index contributed by atoms with van der Waals surface area (Å²) in [5.41, 5.74) is 0.745. The van der Waals surface area contributed by atoms with E-state index in [4.69, 9.17) is 4.74 Å². The van der Waals surface area contributed by atoms with E-state index >= 15 is 0 Å². The lowest BCUT2D eigenvalue weighted by molar-refractivity contribution is -0.0157. The van der Waals surface area contributed by atoms with Crippen LogP contribution in [0.5, 0.6) is 5.75 Å². The Kier molecular flexibility index (Phi) is 1.81. The summed E-state index contributed by atoms with van der Waals surface area (Å²) in [6.07, 6.45) is 0.348. The van der Waals surface area contributed by atoms with E-state index in [1.54, 1.807) is 6.92 Å². The minimum Gasteiger partial charge on any atom is -0.484 e. The van der Waals surface area contributed by atoms with Gasteiger partial charge in [-0.2, -0.15) is 0 Å². The van der Waals surface area contributed by atoms with E-state index in [-0.39, 0.29) is 0 Å². The molecule has 2 heteroatoms. The highest BCUT2D eigenvalue weighted by atomic mass is 16.5. The van der Waals surface area contributed by atoms with Crippen LogP contribution in [-0.2, 0) is 6.42 Å². The van der Waals surface area contributed by atoms with Crippen molar-refractivity contribution in [1.29, 1.82) is 0 Å². The van der Waals surface area contributed by atoms with Gasteiger partial charge in [0, 0.05) is 6.42 Å². The molecule has 2 atom stereocenters. The Morgan fingerprint density at radius 1 is 1.46 bits per heavy atom. The lowest BCUT2D eigenvalue weighted by atomic mass is 9.94. The molecule has 1 aliphatic rings. The molecular weight excluding hydrogens is 164 g/mol. The van der Waals surface area contributed by atoms with Gasteiger partial charge in [0.05, 0.1) is 6.10 Å². The van der Waals surface area contributed by atoms with Crippen LogP contribution in [0.2, 0.25) is 0 Å². The zero-order chi connectivity index (χ0) is 9.47. The van der Waals surface area contributed by atoms with Crippen molar-refractivity contribution in [2.24, 2.45) is 0 Å². The van der Waals surface area contributed by atoms with Crippen LogP contribution in [0.15, 0.2) is 24.3 Å². The average molecular weight is 178 g/mol. The molecule has 2 nitrogen and oxygen atoms in total. The van der Waals surface area contributed by atoms with Crippen LogP contribution >= 0.6 is 0 Å². The molecule has 0 saturated heterocycles. The number of fused-ring (bicyclic) bond motifs is 1. The van der Waals surface area contributed by atoms with Crippen LogP contribution in [0.25, 0.3) is 0 Å². The summed E-state index contributed by atoms with van der Waals surface area (Å²) in [7, 11) is 0. The second kappa shape index (κ2) is 2.74. The molecule has 0 spiro atoms. The summed E-state index contributed by atoms with van der Waals surface area (Å²) in [4.78, 5) is 0. The van der Waals surface area contributed by atoms with Crippen molar-refractivity contribution >= 4 is 0 Å². The highest BCUT2D eigenvalue weighted by molar-refractivity contribution is 5.39. The van der Waals surface area contributed by atoms with Crippen molar-refractivity contribution in [2.45, 2.75) is 32.0 Å². The molecule has 0 bridgehead atoms. The van der Waals surface area contributed by atoms with Gasteiger partial charge >= 0.3 is 0 Å². The molecule has 1 N–H and O–H groups in total. The summed E-state index contributed by atoms with van der Waals surface area (Å²) in [5.74, 6) is 0.908. The molecule has 13 heavy (non-hydrogen) atoms. The Hall–Kier alpha value is -1.02. The monoisotopic (exact) mass is 178 g/mol. The lowest BCUT2D eigenvalue weighted by Gasteiger charge is -2.26. The fourth-order valence-electron chi connectivity index (χ4n) is 1.65. The van der Waals surface area contributed by atoms with Gasteiger partial charge in [0.1, 0.15) is 11.4 Å². The van der Waals surface area contributed by atoms with Crippen molar-refractivity contribution in [1.82, 2.24) is 0 Å². The van der Waals surface area contributed by atoms with Crippen molar-refractivity contribution in [3.8, 4) is 5.75 Å². The van der Waals surface area contributed by atoms with Gasteiger partial charge < -0.3 is 9.84 Å². The van der Waals surface area contributed by atoms with E-state index in [1.165, 1.54) is 5.56 Å². The van der Waals surface area contributed by atoms with Crippen molar-refractivity contribution < 1.29 is 9.84 Å². The molecule has 0 saturated carbocycles. The van der Waals surface area contributed by atoms with Crippen LogP contribution in [0.3, 0.4) is 0 Å². The van der Waals surface area contributed by atoms with Gasteiger partial charge in [-0.1, -0.05) is 18.2 Å². The first kappa shape index (κ1) is 8.57. The smallest absolute Gasteiger partial charge is 0.136 e. The summed E-state index contributed by atoms with van der Waals surface area (Å²) >= 11 is 0. The van der Waals surface area contributed by atoms with Crippen molar-refractivity contribution in [2.75, 3.05) is 0 Å². The summed E-state index contributed by atoms with van der Waals surface area (Å²) in [6, 6.07) is 7.94. The molecule has 1 aromatic carbocycles. The Balaban J connectivity index is 2.32. The minimum atomic E-state index is -0.445. The first-order valence-corrected chi connectivity index (χ1v) is 4.57. The maximum atomic E-state index is 9.56. The SMILES string of the molecule is CC(O)[C@]1(C)Cc2ccccc2O1. The summed E-state index contributed by atoms with van der Waals surface area (Å²) in [5, 5.41) is 9.56. The first-order chi connectivity index (χ1) is 6.12. The molecule has 70 valence electrons. The van der Waals surface area contributed by atoms with Crippen molar-refractivity contribution in [3.63, 3.8) is 0 Å². The van der Waals surface area contributed by atoms with Gasteiger partial charge in [0.15, 0.2) is 0 Å². The Morgan fingerprint density at radius 3 is 2.77 bits per heavy atom. The maximum Gasteiger partial charge on any atom is 0.136 e. The molecule has 1 unspecified atom stereocenters. The van der Waals surface area contributed by atoms with Gasteiger partial charge in [-0.15, -0.1) is 0 Å². The number of hydrogen-bond acceptors (Lipinski definition) is 2. The van der Waals surface area contributed by atoms with Gasteiger partial charge in [-0.25, -0.2) is 0 Å². The van der Waals surface area contributed by atoms with Gasteiger partial charge in [-0.3, -0.25) is 0 Å². The topological polar surface area (TPSA) is 29.5 Å². The first-order valence-electron chi connectivity index (χ1n) is 4.57. The van der Waals surface area contributed by atoms with E-state index in [1.807, 2.05) is 31.2 Å². The van der Waals surface area contributed by atoms with E-state index < -0.39 is 11.7 Å². The van der Waals surface area contributed by atoms with Crippen LogP contribution < -0.4 is 4.74 Å². The largest absolute Gasteiger partial charge is 0.484 e. The zero-order valence-electron chi connectivity index (χ0n) is 7.95. The van der Waals surface area contributed by atoms with Gasteiger partial charge in [-0.05, 0) is 25.5 Å². The quantitative estimate of drug-likeness (QED) is 0.710. The number of para-hydroxylation sites is 1. The molecule has 1 aromatic rings. The second-order valence-electron chi connectivity index (χ2n) is 3.88. The third-order valence-electron chi connectivity index (χ3n) is 2.74. The molecular formula is C11H14O2. The fraction of sp³-hybridized carbons (Fsp3) is 0.455. The lowest BCUT2D eigenvalue weighted by Crippen LogP contribution is -2.41. The molecule has 0 aromatic heterocycles. The van der Waals surface area contributed by atoms with E-state index in [0.717, 1.165) is 12.2 Å². The molecule has 0 amide bonds. The third kappa shape index (κ3) is 1.31. The maximum absolute atomic E-state index is 9.56. The van der Waals surface area contributed by atoms with E-state index in [9.17, 15) is 5.11 Å². The van der Waals surface area contributed by atoms with Crippen LogP contribution in [0.4, 0.5) is 0 Å². The van der Waals surface area contributed by atoms with E-state index in [0.29, 0.717) is 0 Å². The molecule has 2 rings (SSSR count). The minimum absolute atomic E-state index is 0.441. The van der Waals surface area contributed by atoms with Crippen LogP contribution in [-0.4, -0.2) is 16.8 Å². The summed E-state index contributed by atoms with van der Waals surface area (Å²) in [6.45, 7) is 3.71. The standard InChI is InChI=1S/C11H14O2/c1-8(12)11(2)7-9-5-3-4-6-10(9)13-11/h3-6,8,12H,7H2,1-2H3/t8?,11-/m0/s1. The number of aliphatic hydroxyl groups is 1. The number of hydrogen-bond donors (Lipinski definition) is 1. The van der Waals surface area contributed by atoms with E-state index in [2.05, 4.69) is 0 Å². The Morgan fingerprint density at radius 2 is 2.15 bits per heavy atom. The molecule has 0 radical (unpaired) electrons. The van der Waals surface area contributed by atoms with Crippen LogP contribution in [0.1, 0.15) is 19.4 Å². The second-order valence-corrected chi connectivity index (χ2v) is 3.88. The number of ether oxygens (including phenoxy) is 1. The predicted molar refractivity (Wildman–Crippen MR) is 50.9 cm³/mol. The predicted octanol–water partition coefficient (Wildman–Crippen LogP) is 1.76. The zero-order valence-corrected chi connectivity index (χ0v) is 7.95. The highest BCUT2D eigenvalue weighted by Crippen LogP contribution is 2.36. The molecule has 0 fully saturated rings. The third-order valence-corrected chi connectivity index (χ3v) is 2.74. The summed E-state index contributed by atoms with van der Waals surface area (Å²) < 4.78 is 5.71. The molecule has 0 aliphatic carbocycles. The highest BCUT2D eigenvalue weighted by Gasteiger charge is 2.38.